The second-order valence-electron chi connectivity index (χ2n) is 9.29. The van der Waals surface area contributed by atoms with Gasteiger partial charge in [-0.15, -0.1) is 0 Å². The van der Waals surface area contributed by atoms with Gasteiger partial charge in [-0.3, -0.25) is 0 Å². The van der Waals surface area contributed by atoms with Gasteiger partial charge in [0.1, 0.15) is 23.5 Å². The summed E-state index contributed by atoms with van der Waals surface area (Å²) in [5, 5.41) is 13.1. The van der Waals surface area contributed by atoms with E-state index in [-0.39, 0.29) is 18.5 Å². The monoisotopic (exact) mass is 525 g/mol. The van der Waals surface area contributed by atoms with E-state index in [2.05, 4.69) is 30.2 Å². The number of nitrogens with one attached hydrogen (secondary N) is 1. The SMILES string of the molecule is COc1ncnc(C2CC2)c1-c1ncc(CO)c(Nc2ccc(-c3nc(C(F)(F)F)cn3C(C)C)cc2)n1. The first-order chi connectivity index (χ1) is 18.2. The van der Waals surface area contributed by atoms with Crippen LogP contribution >= 0.6 is 0 Å². The van der Waals surface area contributed by atoms with Crippen molar-refractivity contribution >= 4 is 11.5 Å². The van der Waals surface area contributed by atoms with Gasteiger partial charge in [0.15, 0.2) is 11.5 Å². The summed E-state index contributed by atoms with van der Waals surface area (Å²) in [6.45, 7) is 3.29. The Bertz CT molecular complexity index is 1450. The highest BCUT2D eigenvalue weighted by Gasteiger charge is 2.35. The van der Waals surface area contributed by atoms with Gasteiger partial charge in [0.25, 0.3) is 0 Å². The first-order valence-electron chi connectivity index (χ1n) is 12.1. The quantitative estimate of drug-likeness (QED) is 0.309. The van der Waals surface area contributed by atoms with E-state index in [4.69, 9.17) is 4.74 Å². The third kappa shape index (κ3) is 5.03. The highest BCUT2D eigenvalue weighted by Crippen LogP contribution is 2.45. The van der Waals surface area contributed by atoms with Gasteiger partial charge in [0, 0.05) is 41.2 Å². The largest absolute Gasteiger partial charge is 0.480 e. The lowest BCUT2D eigenvalue weighted by atomic mass is 10.1. The molecule has 0 spiro atoms. The Morgan fingerprint density at radius 3 is 2.45 bits per heavy atom. The molecule has 3 heterocycles. The topological polar surface area (TPSA) is 111 Å². The normalized spacial score (nSPS) is 13.7. The number of hydrogen-bond acceptors (Lipinski definition) is 8. The number of aliphatic hydroxyl groups is 1. The molecule has 198 valence electrons. The molecule has 4 aromatic rings. The van der Waals surface area contributed by atoms with Crippen LogP contribution in [-0.2, 0) is 12.8 Å². The highest BCUT2D eigenvalue weighted by atomic mass is 19.4. The first-order valence-corrected chi connectivity index (χ1v) is 12.1. The standard InChI is InChI=1S/C26H26F3N7O2/c1-14(2)36-11-19(26(27,28)29)34-24(36)16-6-8-18(9-7-16)33-22-17(12-37)10-30-23(35-22)20-21(15-4-5-15)31-13-32-25(20)38-3/h6-11,13-15,37H,4-5,12H2,1-3H3,(H,30,33,35). The first kappa shape index (κ1) is 25.6. The van der Waals surface area contributed by atoms with Gasteiger partial charge in [-0.05, 0) is 51.0 Å². The maximum atomic E-state index is 13.3. The van der Waals surface area contributed by atoms with Crippen LogP contribution in [0.2, 0.25) is 0 Å². The molecule has 9 nitrogen and oxygen atoms in total. The molecule has 0 bridgehead atoms. The molecule has 3 aromatic heterocycles. The van der Waals surface area contributed by atoms with Crippen LogP contribution in [0.4, 0.5) is 24.7 Å². The molecule has 5 rings (SSSR count). The van der Waals surface area contributed by atoms with Gasteiger partial charge < -0.3 is 19.7 Å². The van der Waals surface area contributed by atoms with E-state index in [0.717, 1.165) is 24.7 Å². The Morgan fingerprint density at radius 2 is 1.84 bits per heavy atom. The average molecular weight is 526 g/mol. The van der Waals surface area contributed by atoms with E-state index in [1.165, 1.54) is 24.2 Å². The Hall–Kier alpha value is -4.06. The number of nitrogens with zero attached hydrogens (tertiary/aromatic N) is 6. The van der Waals surface area contributed by atoms with Crippen LogP contribution in [-0.4, -0.2) is 41.7 Å². The number of aromatic nitrogens is 6. The molecule has 1 fully saturated rings. The Labute approximate surface area is 216 Å². The van der Waals surface area contributed by atoms with Crippen LogP contribution in [0.15, 0.2) is 43.0 Å². The summed E-state index contributed by atoms with van der Waals surface area (Å²) < 4.78 is 46.8. The van der Waals surface area contributed by atoms with Gasteiger partial charge in [-0.1, -0.05) is 0 Å². The van der Waals surface area contributed by atoms with Gasteiger partial charge in [-0.25, -0.2) is 24.9 Å². The van der Waals surface area contributed by atoms with Crippen molar-refractivity contribution in [2.75, 3.05) is 12.4 Å². The molecule has 0 unspecified atom stereocenters. The molecule has 1 saturated carbocycles. The third-order valence-corrected chi connectivity index (χ3v) is 6.24. The smallest absolute Gasteiger partial charge is 0.434 e. The molecule has 0 radical (unpaired) electrons. The molecule has 1 aliphatic carbocycles. The van der Waals surface area contributed by atoms with E-state index in [1.807, 2.05) is 0 Å². The van der Waals surface area contributed by atoms with Gasteiger partial charge in [0.05, 0.1) is 19.4 Å². The van der Waals surface area contributed by atoms with E-state index in [9.17, 15) is 18.3 Å². The molecule has 1 aromatic carbocycles. The Kier molecular flexibility index (Phi) is 6.74. The number of hydrogen-bond donors (Lipinski definition) is 2. The molecule has 0 saturated heterocycles. The number of rotatable bonds is 8. The van der Waals surface area contributed by atoms with Crippen molar-refractivity contribution in [2.24, 2.45) is 0 Å². The number of anilines is 2. The van der Waals surface area contributed by atoms with Crippen LogP contribution in [0.5, 0.6) is 5.88 Å². The van der Waals surface area contributed by atoms with Crippen LogP contribution in [0, 0.1) is 0 Å². The van der Waals surface area contributed by atoms with Crippen LogP contribution < -0.4 is 10.1 Å². The highest BCUT2D eigenvalue weighted by molar-refractivity contribution is 5.70. The number of ether oxygens (including phenoxy) is 1. The van der Waals surface area contributed by atoms with E-state index < -0.39 is 11.9 Å². The predicted octanol–water partition coefficient (Wildman–Crippen LogP) is 5.52. The zero-order valence-electron chi connectivity index (χ0n) is 21.0. The fourth-order valence-corrected chi connectivity index (χ4v) is 4.14. The molecule has 0 amide bonds. The van der Waals surface area contributed by atoms with Crippen molar-refractivity contribution < 1.29 is 23.0 Å². The molecule has 0 aliphatic heterocycles. The summed E-state index contributed by atoms with van der Waals surface area (Å²) in [5.74, 6) is 1.62. The molecule has 0 atom stereocenters. The lowest BCUT2D eigenvalue weighted by molar-refractivity contribution is -0.140. The minimum absolute atomic E-state index is 0.211. The number of aliphatic hydroxyl groups excluding tert-OH is 1. The summed E-state index contributed by atoms with van der Waals surface area (Å²) >= 11 is 0. The van der Waals surface area contributed by atoms with Gasteiger partial charge in [0.2, 0.25) is 5.88 Å². The molecule has 12 heteroatoms. The predicted molar refractivity (Wildman–Crippen MR) is 134 cm³/mol. The van der Waals surface area contributed by atoms with Gasteiger partial charge in [-0.2, -0.15) is 13.2 Å². The van der Waals surface area contributed by atoms with Crippen molar-refractivity contribution in [3.05, 3.63) is 59.9 Å². The van der Waals surface area contributed by atoms with E-state index in [0.29, 0.717) is 45.8 Å². The number of benzene rings is 1. The molecular formula is C26H26F3N7O2. The van der Waals surface area contributed by atoms with E-state index in [1.54, 1.807) is 38.1 Å². The molecule has 38 heavy (non-hydrogen) atoms. The van der Waals surface area contributed by atoms with Crippen molar-refractivity contribution in [3.8, 4) is 28.7 Å². The lowest BCUT2D eigenvalue weighted by Crippen LogP contribution is -2.06. The van der Waals surface area contributed by atoms with E-state index >= 15 is 0 Å². The summed E-state index contributed by atoms with van der Waals surface area (Å²) in [5.41, 5.74) is 2.11. The number of methoxy groups -OCH3 is 1. The van der Waals surface area contributed by atoms with Crippen LogP contribution in [0.25, 0.3) is 22.8 Å². The van der Waals surface area contributed by atoms with Crippen LogP contribution in [0.3, 0.4) is 0 Å². The minimum atomic E-state index is -4.53. The summed E-state index contributed by atoms with van der Waals surface area (Å²) in [7, 11) is 1.52. The average Bonchev–Trinajstić information content (AvgIpc) is 3.64. The maximum absolute atomic E-state index is 13.3. The second-order valence-corrected chi connectivity index (χ2v) is 9.29. The number of alkyl halides is 3. The fraction of sp³-hybridized carbons (Fsp3) is 0.346. The zero-order chi connectivity index (χ0) is 27.0. The number of imidazole rings is 1. The van der Waals surface area contributed by atoms with Gasteiger partial charge >= 0.3 is 6.18 Å². The molecule has 1 aliphatic rings. The zero-order valence-corrected chi connectivity index (χ0v) is 21.0. The van der Waals surface area contributed by atoms with Crippen molar-refractivity contribution in [2.45, 2.75) is 51.4 Å². The third-order valence-electron chi connectivity index (χ3n) is 6.24. The second kappa shape index (κ2) is 10.0. The summed E-state index contributed by atoms with van der Waals surface area (Å²) in [6.07, 6.45) is 1.51. The number of halogens is 3. The van der Waals surface area contributed by atoms with Crippen molar-refractivity contribution in [1.29, 1.82) is 0 Å². The minimum Gasteiger partial charge on any atom is -0.480 e. The summed E-state index contributed by atoms with van der Waals surface area (Å²) in [4.78, 5) is 21.6. The maximum Gasteiger partial charge on any atom is 0.434 e. The molecule has 2 N–H and O–H groups in total. The van der Waals surface area contributed by atoms with Crippen molar-refractivity contribution in [3.63, 3.8) is 0 Å². The molecular weight excluding hydrogens is 499 g/mol. The lowest BCUT2D eigenvalue weighted by Gasteiger charge is -2.15. The van der Waals surface area contributed by atoms with Crippen LogP contribution in [0.1, 0.15) is 55.6 Å². The fourth-order valence-electron chi connectivity index (χ4n) is 4.14. The summed E-state index contributed by atoms with van der Waals surface area (Å²) in [6, 6.07) is 6.59. The Balaban J connectivity index is 1.47. The van der Waals surface area contributed by atoms with Crippen molar-refractivity contribution in [1.82, 2.24) is 29.5 Å². The Morgan fingerprint density at radius 1 is 1.11 bits per heavy atom.